The van der Waals surface area contributed by atoms with Gasteiger partial charge >= 0.3 is 0 Å². The first-order chi connectivity index (χ1) is 8.97. The maximum atomic E-state index is 11.5. The van der Waals surface area contributed by atoms with Crippen LogP contribution in [0.25, 0.3) is 0 Å². The molecule has 2 saturated heterocycles. The molecule has 0 aliphatic carbocycles. The lowest BCUT2D eigenvalue weighted by Gasteiger charge is -2.36. The molecule has 112 valence electrons. The van der Waals surface area contributed by atoms with Crippen LogP contribution in [0.15, 0.2) is 0 Å². The third kappa shape index (κ3) is 4.43. The van der Waals surface area contributed by atoms with Gasteiger partial charge in [-0.15, -0.1) is 0 Å². The van der Waals surface area contributed by atoms with Gasteiger partial charge in [-0.05, 0) is 58.0 Å². The number of rotatable bonds is 4. The molecule has 1 atom stereocenters. The summed E-state index contributed by atoms with van der Waals surface area (Å²) in [7, 11) is -2.97. The van der Waals surface area contributed by atoms with Crippen LogP contribution in [0.2, 0.25) is 0 Å². The van der Waals surface area contributed by atoms with Gasteiger partial charge in [-0.2, -0.15) is 0 Å². The van der Waals surface area contributed by atoms with Gasteiger partial charge in [-0.25, -0.2) is 12.7 Å². The number of hydrogen-bond donors (Lipinski definition) is 0. The molecule has 0 aromatic carbocycles. The monoisotopic (exact) mass is 288 g/mol. The highest BCUT2D eigenvalue weighted by Crippen LogP contribution is 2.24. The highest BCUT2D eigenvalue weighted by Gasteiger charge is 2.26. The van der Waals surface area contributed by atoms with Crippen molar-refractivity contribution in [3.8, 4) is 0 Å². The molecule has 1 unspecified atom stereocenters. The lowest BCUT2D eigenvalue weighted by Crippen LogP contribution is -2.41. The summed E-state index contributed by atoms with van der Waals surface area (Å²) in [6, 6.07) is 0.741. The Morgan fingerprint density at radius 3 is 2.32 bits per heavy atom. The second-order valence-corrected chi connectivity index (χ2v) is 8.26. The van der Waals surface area contributed by atoms with Gasteiger partial charge in [0.25, 0.3) is 0 Å². The van der Waals surface area contributed by atoms with E-state index in [4.69, 9.17) is 0 Å². The Labute approximate surface area is 118 Å². The van der Waals surface area contributed by atoms with Gasteiger partial charge < -0.3 is 4.90 Å². The smallest absolute Gasteiger partial charge is 0.211 e. The first kappa shape index (κ1) is 15.3. The third-order valence-corrected chi connectivity index (χ3v) is 6.11. The minimum absolute atomic E-state index is 0.715. The lowest BCUT2D eigenvalue weighted by atomic mass is 9.93. The highest BCUT2D eigenvalue weighted by atomic mass is 32.2. The minimum atomic E-state index is -2.97. The van der Waals surface area contributed by atoms with Crippen LogP contribution in [0.5, 0.6) is 0 Å². The van der Waals surface area contributed by atoms with Gasteiger partial charge in [0.05, 0.1) is 6.26 Å². The molecule has 0 bridgehead atoms. The summed E-state index contributed by atoms with van der Waals surface area (Å²) in [6.45, 7) is 6.23. The molecular weight excluding hydrogens is 260 g/mol. The highest BCUT2D eigenvalue weighted by molar-refractivity contribution is 7.88. The second kappa shape index (κ2) is 6.55. The maximum absolute atomic E-state index is 11.5. The van der Waals surface area contributed by atoms with E-state index < -0.39 is 10.0 Å². The van der Waals surface area contributed by atoms with E-state index in [9.17, 15) is 8.42 Å². The van der Waals surface area contributed by atoms with Crippen LogP contribution >= 0.6 is 0 Å². The van der Waals surface area contributed by atoms with Crippen LogP contribution in [0.3, 0.4) is 0 Å². The fraction of sp³-hybridized carbons (Fsp3) is 1.00. The van der Waals surface area contributed by atoms with E-state index in [0.29, 0.717) is 5.92 Å². The van der Waals surface area contributed by atoms with Crippen molar-refractivity contribution in [3.63, 3.8) is 0 Å². The molecule has 0 saturated carbocycles. The second-order valence-electron chi connectivity index (χ2n) is 6.27. The summed E-state index contributed by atoms with van der Waals surface area (Å²) in [5.41, 5.74) is 0. The molecule has 5 heteroatoms. The lowest BCUT2D eigenvalue weighted by molar-refractivity contribution is 0.141. The summed E-state index contributed by atoms with van der Waals surface area (Å²) >= 11 is 0. The molecule has 0 aromatic rings. The van der Waals surface area contributed by atoms with Gasteiger partial charge in [-0.1, -0.05) is 6.42 Å². The summed E-state index contributed by atoms with van der Waals surface area (Å²) in [5, 5.41) is 0. The summed E-state index contributed by atoms with van der Waals surface area (Å²) < 4.78 is 24.5. The fourth-order valence-electron chi connectivity index (χ4n) is 3.37. The number of nitrogens with zero attached hydrogens (tertiary/aromatic N) is 2. The van der Waals surface area contributed by atoms with Crippen molar-refractivity contribution in [2.45, 2.75) is 51.5 Å². The van der Waals surface area contributed by atoms with E-state index in [1.54, 1.807) is 4.31 Å². The number of piperidine rings is 2. The Morgan fingerprint density at radius 2 is 1.74 bits per heavy atom. The zero-order valence-electron chi connectivity index (χ0n) is 12.3. The average molecular weight is 288 g/mol. The van der Waals surface area contributed by atoms with E-state index in [0.717, 1.165) is 32.0 Å². The molecule has 2 aliphatic rings. The largest absolute Gasteiger partial charge is 0.301 e. The molecule has 0 spiro atoms. The van der Waals surface area contributed by atoms with Crippen LogP contribution in [0.1, 0.15) is 45.4 Å². The van der Waals surface area contributed by atoms with E-state index in [2.05, 4.69) is 11.8 Å². The van der Waals surface area contributed by atoms with Crippen molar-refractivity contribution in [3.05, 3.63) is 0 Å². The summed E-state index contributed by atoms with van der Waals surface area (Å²) in [6.07, 6.45) is 8.70. The molecule has 19 heavy (non-hydrogen) atoms. The number of likely N-dealkylation sites (tertiary alicyclic amines) is 1. The molecule has 2 fully saturated rings. The van der Waals surface area contributed by atoms with Crippen molar-refractivity contribution in [1.29, 1.82) is 0 Å². The van der Waals surface area contributed by atoms with Gasteiger partial charge in [0, 0.05) is 19.1 Å². The van der Waals surface area contributed by atoms with Crippen LogP contribution in [-0.2, 0) is 10.0 Å². The molecule has 0 radical (unpaired) electrons. The molecule has 2 aliphatic heterocycles. The molecular formula is C14H28N2O2S. The molecule has 2 heterocycles. The molecule has 0 amide bonds. The van der Waals surface area contributed by atoms with Crippen molar-refractivity contribution < 1.29 is 8.42 Å². The Kier molecular flexibility index (Phi) is 5.26. The van der Waals surface area contributed by atoms with Gasteiger partial charge in [0.15, 0.2) is 0 Å². The van der Waals surface area contributed by atoms with Crippen molar-refractivity contribution in [1.82, 2.24) is 9.21 Å². The van der Waals surface area contributed by atoms with Gasteiger partial charge in [0.1, 0.15) is 0 Å². The summed E-state index contributed by atoms with van der Waals surface area (Å²) in [5.74, 6) is 0.715. The van der Waals surface area contributed by atoms with Gasteiger partial charge in [-0.3, -0.25) is 0 Å². The van der Waals surface area contributed by atoms with Gasteiger partial charge in [0.2, 0.25) is 10.0 Å². The predicted octanol–water partition coefficient (Wildman–Crippen LogP) is 1.92. The quantitative estimate of drug-likeness (QED) is 0.793. The van der Waals surface area contributed by atoms with Crippen LogP contribution in [0, 0.1) is 5.92 Å². The zero-order valence-corrected chi connectivity index (χ0v) is 13.2. The van der Waals surface area contributed by atoms with E-state index >= 15 is 0 Å². The van der Waals surface area contributed by atoms with E-state index in [1.807, 2.05) is 0 Å². The Bertz CT molecular complexity index is 375. The SMILES string of the molecule is CC1CCCCN1CCC1CCN(S(C)(=O)=O)CC1. The van der Waals surface area contributed by atoms with Crippen LogP contribution < -0.4 is 0 Å². The Balaban J connectivity index is 1.71. The standard InChI is InChI=1S/C14H28N2O2S/c1-13-5-3-4-9-15(13)10-6-14-7-11-16(12-8-14)19(2,17)18/h13-14H,3-12H2,1-2H3. The number of sulfonamides is 1. The fourth-order valence-corrected chi connectivity index (χ4v) is 4.24. The van der Waals surface area contributed by atoms with Crippen LogP contribution in [-0.4, -0.2) is 56.1 Å². The third-order valence-electron chi connectivity index (χ3n) is 4.81. The first-order valence-corrected chi connectivity index (χ1v) is 9.51. The topological polar surface area (TPSA) is 40.6 Å². The molecule has 0 aromatic heterocycles. The van der Waals surface area contributed by atoms with Crippen molar-refractivity contribution in [2.75, 3.05) is 32.4 Å². The Hall–Kier alpha value is -0.130. The predicted molar refractivity (Wildman–Crippen MR) is 78.6 cm³/mol. The zero-order chi connectivity index (χ0) is 13.9. The van der Waals surface area contributed by atoms with E-state index in [-0.39, 0.29) is 0 Å². The maximum Gasteiger partial charge on any atom is 0.211 e. The molecule has 0 N–H and O–H groups in total. The molecule has 4 nitrogen and oxygen atoms in total. The van der Waals surface area contributed by atoms with Crippen LogP contribution in [0.4, 0.5) is 0 Å². The normalized spacial score (nSPS) is 28.6. The van der Waals surface area contributed by atoms with Crippen molar-refractivity contribution in [2.24, 2.45) is 5.92 Å². The minimum Gasteiger partial charge on any atom is -0.301 e. The average Bonchev–Trinajstić information content (AvgIpc) is 2.37. The first-order valence-electron chi connectivity index (χ1n) is 7.66. The Morgan fingerprint density at radius 1 is 1.05 bits per heavy atom. The van der Waals surface area contributed by atoms with E-state index in [1.165, 1.54) is 45.0 Å². The summed E-state index contributed by atoms with van der Waals surface area (Å²) in [4.78, 5) is 2.62. The van der Waals surface area contributed by atoms with Crippen molar-refractivity contribution >= 4 is 10.0 Å². The molecule has 2 rings (SSSR count). The number of hydrogen-bond acceptors (Lipinski definition) is 3.